The number of aromatic nitrogens is 1. The number of carbonyl (C=O) groups is 1. The lowest BCUT2D eigenvalue weighted by atomic mass is 10.2. The Labute approximate surface area is 207 Å². The molecule has 3 aromatic rings. The van der Waals surface area contributed by atoms with Gasteiger partial charge in [0.05, 0.1) is 12.8 Å². The Kier molecular flexibility index (Phi) is 7.61. The lowest BCUT2D eigenvalue weighted by molar-refractivity contribution is -0.111. The molecular formula is C24H27N5O3S2. The molecule has 0 radical (unpaired) electrons. The maximum atomic E-state index is 11.6. The number of carbonyl (C=O) groups excluding carboxylic acids is 1. The second-order valence-electron chi connectivity index (χ2n) is 7.75. The summed E-state index contributed by atoms with van der Waals surface area (Å²) in [6.45, 7) is 7.48. The molecule has 0 bridgehead atoms. The predicted molar refractivity (Wildman–Crippen MR) is 139 cm³/mol. The van der Waals surface area contributed by atoms with Crippen LogP contribution in [0.2, 0.25) is 0 Å². The van der Waals surface area contributed by atoms with Gasteiger partial charge in [-0.05, 0) is 43.5 Å². The highest BCUT2D eigenvalue weighted by Crippen LogP contribution is 2.43. The molecule has 10 heteroatoms. The summed E-state index contributed by atoms with van der Waals surface area (Å²) >= 11 is 2.71. The zero-order chi connectivity index (χ0) is 24.1. The molecule has 1 amide bonds. The summed E-state index contributed by atoms with van der Waals surface area (Å²) in [5, 5.41) is 17.0. The monoisotopic (exact) mass is 497 g/mol. The van der Waals surface area contributed by atoms with Gasteiger partial charge in [-0.15, -0.1) is 0 Å². The normalized spacial score (nSPS) is 14.0. The third-order valence-electron chi connectivity index (χ3n) is 5.37. The standard InChI is InChI=1S/C24H27N5O3S2/c1-4-21(30)25-16-6-5-7-18(14-16)33-23-22(31)27-24(34-23)26-19-9-8-17(15-20(19)32-3)29-12-10-28(2)11-13-29/h4-9,14-15,31H,1,10-13H2,2-3H3,(H,25,30)(H,26,27). The minimum Gasteiger partial charge on any atom is -0.494 e. The molecule has 0 atom stereocenters. The van der Waals surface area contributed by atoms with Crippen molar-refractivity contribution in [2.24, 2.45) is 0 Å². The van der Waals surface area contributed by atoms with E-state index >= 15 is 0 Å². The van der Waals surface area contributed by atoms with Gasteiger partial charge in [-0.2, -0.15) is 4.98 Å². The van der Waals surface area contributed by atoms with Crippen LogP contribution in [0.25, 0.3) is 0 Å². The molecule has 1 aliphatic rings. The summed E-state index contributed by atoms with van der Waals surface area (Å²) in [6, 6.07) is 13.4. The number of benzene rings is 2. The smallest absolute Gasteiger partial charge is 0.247 e. The van der Waals surface area contributed by atoms with Crippen LogP contribution in [0, 0.1) is 0 Å². The molecular weight excluding hydrogens is 470 g/mol. The van der Waals surface area contributed by atoms with Crippen molar-refractivity contribution in [2.75, 3.05) is 55.9 Å². The van der Waals surface area contributed by atoms with Gasteiger partial charge < -0.3 is 30.3 Å². The number of aromatic hydroxyl groups is 1. The molecule has 3 N–H and O–H groups in total. The Morgan fingerprint density at radius 2 is 2.03 bits per heavy atom. The van der Waals surface area contributed by atoms with Crippen LogP contribution in [0.15, 0.2) is 64.2 Å². The predicted octanol–water partition coefficient (Wildman–Crippen LogP) is 4.63. The maximum Gasteiger partial charge on any atom is 0.247 e. The number of rotatable bonds is 8. The van der Waals surface area contributed by atoms with E-state index in [2.05, 4.69) is 45.1 Å². The summed E-state index contributed by atoms with van der Waals surface area (Å²) in [6.07, 6.45) is 1.22. The van der Waals surface area contributed by atoms with Crippen molar-refractivity contribution in [3.05, 3.63) is 55.1 Å². The van der Waals surface area contributed by atoms with Gasteiger partial charge in [0, 0.05) is 48.5 Å². The SMILES string of the molecule is C=CC(=O)Nc1cccc(Sc2sc(Nc3ccc(N4CCN(C)CC4)cc3OC)nc2O)c1. The topological polar surface area (TPSA) is 90.0 Å². The van der Waals surface area contributed by atoms with Gasteiger partial charge in [-0.25, -0.2) is 0 Å². The van der Waals surface area contributed by atoms with E-state index in [0.717, 1.165) is 42.4 Å². The van der Waals surface area contributed by atoms with E-state index in [1.54, 1.807) is 13.2 Å². The first-order chi connectivity index (χ1) is 16.4. The fourth-order valence-electron chi connectivity index (χ4n) is 3.52. The summed E-state index contributed by atoms with van der Waals surface area (Å²) in [4.78, 5) is 21.4. The number of methoxy groups -OCH3 is 1. The lowest BCUT2D eigenvalue weighted by Crippen LogP contribution is -2.44. The number of likely N-dealkylation sites (N-methyl/N-ethyl adjacent to an activating group) is 1. The first kappa shape index (κ1) is 23.9. The zero-order valence-electron chi connectivity index (χ0n) is 19.1. The summed E-state index contributed by atoms with van der Waals surface area (Å²) in [5.74, 6) is 0.388. The van der Waals surface area contributed by atoms with Gasteiger partial charge in [-0.3, -0.25) is 4.79 Å². The fourth-order valence-corrected chi connectivity index (χ4v) is 5.50. The van der Waals surface area contributed by atoms with Gasteiger partial charge in [0.15, 0.2) is 5.13 Å². The molecule has 0 unspecified atom stereocenters. The Bertz CT molecular complexity index is 1180. The van der Waals surface area contributed by atoms with Gasteiger partial charge in [0.2, 0.25) is 11.8 Å². The number of hydrogen-bond donors (Lipinski definition) is 3. The first-order valence-corrected chi connectivity index (χ1v) is 12.4. The molecule has 4 rings (SSSR count). The Hall–Kier alpha value is -3.21. The molecule has 2 aromatic carbocycles. The fraction of sp³-hybridized carbons (Fsp3) is 0.250. The number of amides is 1. The first-order valence-electron chi connectivity index (χ1n) is 10.7. The van der Waals surface area contributed by atoms with E-state index in [4.69, 9.17) is 4.74 Å². The van der Waals surface area contributed by atoms with Crippen LogP contribution in [0.1, 0.15) is 0 Å². The van der Waals surface area contributed by atoms with Crippen LogP contribution in [-0.2, 0) is 4.79 Å². The molecule has 178 valence electrons. The largest absolute Gasteiger partial charge is 0.494 e. The molecule has 1 aliphatic heterocycles. The lowest BCUT2D eigenvalue weighted by Gasteiger charge is -2.34. The van der Waals surface area contributed by atoms with E-state index in [1.165, 1.54) is 29.2 Å². The molecule has 0 spiro atoms. The van der Waals surface area contributed by atoms with Crippen molar-refractivity contribution in [3.63, 3.8) is 0 Å². The second-order valence-corrected chi connectivity index (χ2v) is 10.1. The van der Waals surface area contributed by atoms with Crippen LogP contribution in [0.3, 0.4) is 0 Å². The van der Waals surface area contributed by atoms with E-state index in [9.17, 15) is 9.90 Å². The Balaban J connectivity index is 1.47. The number of piperazine rings is 1. The minimum absolute atomic E-state index is 0.0500. The minimum atomic E-state index is -0.276. The number of nitrogens with one attached hydrogen (secondary N) is 2. The quantitative estimate of drug-likeness (QED) is 0.388. The van der Waals surface area contributed by atoms with Crippen molar-refractivity contribution in [2.45, 2.75) is 9.10 Å². The summed E-state index contributed by atoms with van der Waals surface area (Å²) in [5.41, 5.74) is 2.56. The Morgan fingerprint density at radius 3 is 2.76 bits per heavy atom. The molecule has 34 heavy (non-hydrogen) atoms. The molecule has 8 nitrogen and oxygen atoms in total. The third kappa shape index (κ3) is 5.82. The van der Waals surface area contributed by atoms with Crippen molar-refractivity contribution in [1.82, 2.24) is 9.88 Å². The average Bonchev–Trinajstić information content (AvgIpc) is 3.18. The highest BCUT2D eigenvalue weighted by Gasteiger charge is 2.17. The Morgan fingerprint density at radius 1 is 1.24 bits per heavy atom. The van der Waals surface area contributed by atoms with Gasteiger partial charge in [0.25, 0.3) is 0 Å². The van der Waals surface area contributed by atoms with Gasteiger partial charge in [0.1, 0.15) is 9.96 Å². The highest BCUT2D eigenvalue weighted by molar-refractivity contribution is 8.01. The summed E-state index contributed by atoms with van der Waals surface area (Å²) in [7, 11) is 3.78. The molecule has 2 heterocycles. The van der Waals surface area contributed by atoms with Crippen LogP contribution >= 0.6 is 23.1 Å². The van der Waals surface area contributed by atoms with Crippen molar-refractivity contribution >= 4 is 51.2 Å². The molecule has 1 fully saturated rings. The highest BCUT2D eigenvalue weighted by atomic mass is 32.2. The van der Waals surface area contributed by atoms with Gasteiger partial charge in [-0.1, -0.05) is 35.7 Å². The summed E-state index contributed by atoms with van der Waals surface area (Å²) < 4.78 is 6.27. The number of ether oxygens (including phenoxy) is 1. The van der Waals surface area contributed by atoms with Crippen molar-refractivity contribution < 1.29 is 14.6 Å². The van der Waals surface area contributed by atoms with Crippen molar-refractivity contribution in [3.8, 4) is 11.6 Å². The van der Waals surface area contributed by atoms with E-state index in [-0.39, 0.29) is 11.8 Å². The number of thiazole rings is 1. The second kappa shape index (κ2) is 10.8. The van der Waals surface area contributed by atoms with Crippen molar-refractivity contribution in [1.29, 1.82) is 0 Å². The molecule has 0 saturated carbocycles. The average molecular weight is 498 g/mol. The third-order valence-corrected chi connectivity index (χ3v) is 7.48. The van der Waals surface area contributed by atoms with Crippen LogP contribution in [0.4, 0.5) is 22.2 Å². The maximum absolute atomic E-state index is 11.6. The van der Waals surface area contributed by atoms with E-state index < -0.39 is 0 Å². The number of hydrogen-bond acceptors (Lipinski definition) is 9. The van der Waals surface area contributed by atoms with E-state index in [1.807, 2.05) is 30.3 Å². The van der Waals surface area contributed by atoms with Crippen LogP contribution in [0.5, 0.6) is 11.6 Å². The molecule has 1 aromatic heterocycles. The van der Waals surface area contributed by atoms with Gasteiger partial charge >= 0.3 is 0 Å². The number of nitrogens with zero attached hydrogens (tertiary/aromatic N) is 3. The number of anilines is 4. The van der Waals surface area contributed by atoms with E-state index in [0.29, 0.717) is 20.8 Å². The molecule has 1 saturated heterocycles. The van der Waals surface area contributed by atoms with Crippen LogP contribution in [-0.4, -0.2) is 61.2 Å². The molecule has 0 aliphatic carbocycles. The zero-order valence-corrected chi connectivity index (χ0v) is 20.7. The van der Waals surface area contributed by atoms with Crippen LogP contribution < -0.4 is 20.3 Å².